The second kappa shape index (κ2) is 8.32. The molecule has 7 heteroatoms. The van der Waals surface area contributed by atoms with Crippen LogP contribution in [0.4, 0.5) is 0 Å². The molecule has 0 saturated carbocycles. The Morgan fingerprint density at radius 3 is 2.60 bits per heavy atom. The van der Waals surface area contributed by atoms with Crippen LogP contribution >= 0.6 is 0 Å². The van der Waals surface area contributed by atoms with E-state index in [1.807, 2.05) is 12.1 Å². The first-order valence-electron chi connectivity index (χ1n) is 10.1. The van der Waals surface area contributed by atoms with Crippen LogP contribution < -0.4 is 9.47 Å². The average Bonchev–Trinajstić information content (AvgIpc) is 3.14. The van der Waals surface area contributed by atoms with E-state index in [1.54, 1.807) is 14.2 Å². The molecule has 1 aliphatic heterocycles. The van der Waals surface area contributed by atoms with Gasteiger partial charge in [0, 0.05) is 42.5 Å². The lowest BCUT2D eigenvalue weighted by atomic mass is 9.88. The molecular formula is C23H28N2O4S. The summed E-state index contributed by atoms with van der Waals surface area (Å²) >= 11 is 0. The molecule has 0 unspecified atom stereocenters. The summed E-state index contributed by atoms with van der Waals surface area (Å²) in [4.78, 5) is 5.64. The number of para-hydroxylation sites is 1. The lowest BCUT2D eigenvalue weighted by molar-refractivity contribution is 0.194. The molecule has 160 valence electrons. The number of aromatic amines is 1. The predicted molar refractivity (Wildman–Crippen MR) is 119 cm³/mol. The van der Waals surface area contributed by atoms with E-state index in [1.165, 1.54) is 28.3 Å². The van der Waals surface area contributed by atoms with Crippen molar-refractivity contribution in [3.8, 4) is 11.5 Å². The smallest absolute Gasteiger partial charge is 0.161 e. The third-order valence-corrected chi connectivity index (χ3v) is 6.88. The molecule has 1 N–H and O–H groups in total. The van der Waals surface area contributed by atoms with Crippen LogP contribution in [-0.4, -0.2) is 57.6 Å². The summed E-state index contributed by atoms with van der Waals surface area (Å²) in [5.41, 5.74) is 4.74. The van der Waals surface area contributed by atoms with Gasteiger partial charge in [-0.15, -0.1) is 0 Å². The highest BCUT2D eigenvalue weighted by atomic mass is 32.2. The third kappa shape index (κ3) is 4.18. The molecule has 0 amide bonds. The molecule has 0 radical (unpaired) electrons. The Balaban J connectivity index is 1.75. The van der Waals surface area contributed by atoms with E-state index in [0.717, 1.165) is 30.7 Å². The van der Waals surface area contributed by atoms with Crippen molar-refractivity contribution in [2.75, 3.05) is 39.3 Å². The first-order chi connectivity index (χ1) is 14.4. The lowest BCUT2D eigenvalue weighted by Crippen LogP contribution is -2.39. The zero-order chi connectivity index (χ0) is 21.3. The summed E-state index contributed by atoms with van der Waals surface area (Å²) < 4.78 is 34.7. The fourth-order valence-electron chi connectivity index (χ4n) is 4.38. The van der Waals surface area contributed by atoms with E-state index in [9.17, 15) is 8.42 Å². The molecule has 3 aromatic rings. The first-order valence-corrected chi connectivity index (χ1v) is 12.2. The number of rotatable bonds is 7. The summed E-state index contributed by atoms with van der Waals surface area (Å²) in [5, 5.41) is 1.20. The van der Waals surface area contributed by atoms with E-state index >= 15 is 0 Å². The zero-order valence-corrected chi connectivity index (χ0v) is 18.5. The van der Waals surface area contributed by atoms with E-state index in [4.69, 9.17) is 9.47 Å². The van der Waals surface area contributed by atoms with Gasteiger partial charge in [0.2, 0.25) is 0 Å². The van der Waals surface area contributed by atoms with Crippen molar-refractivity contribution < 1.29 is 17.9 Å². The van der Waals surface area contributed by atoms with E-state index in [2.05, 4.69) is 40.3 Å². The largest absolute Gasteiger partial charge is 0.493 e. The van der Waals surface area contributed by atoms with E-state index in [-0.39, 0.29) is 11.8 Å². The third-order valence-electron chi connectivity index (χ3n) is 5.95. The van der Waals surface area contributed by atoms with Crippen molar-refractivity contribution in [3.63, 3.8) is 0 Å². The average molecular weight is 429 g/mol. The number of hydrogen-bond acceptors (Lipinski definition) is 5. The van der Waals surface area contributed by atoms with Crippen LogP contribution in [0.3, 0.4) is 0 Å². The van der Waals surface area contributed by atoms with Gasteiger partial charge >= 0.3 is 0 Å². The number of fused-ring (bicyclic) bond motifs is 2. The second-order valence-electron chi connectivity index (χ2n) is 7.90. The topological polar surface area (TPSA) is 71.6 Å². The molecule has 0 fully saturated rings. The van der Waals surface area contributed by atoms with Gasteiger partial charge in [-0.25, -0.2) is 8.42 Å². The molecule has 1 aromatic heterocycles. The summed E-state index contributed by atoms with van der Waals surface area (Å²) in [6.07, 6.45) is 5.00. The molecular weight excluding hydrogens is 400 g/mol. The predicted octanol–water partition coefficient (Wildman–Crippen LogP) is 3.37. The number of nitrogens with one attached hydrogen (secondary N) is 1. The normalized spacial score (nSPS) is 17.1. The monoisotopic (exact) mass is 428 g/mol. The molecule has 0 bridgehead atoms. The Morgan fingerprint density at radius 2 is 1.87 bits per heavy atom. The van der Waals surface area contributed by atoms with Crippen LogP contribution in [0.15, 0.2) is 42.6 Å². The summed E-state index contributed by atoms with van der Waals surface area (Å²) in [5.74, 6) is 1.58. The number of methoxy groups -OCH3 is 2. The SMILES string of the molecule is COc1cc2c(cc1OC)[C@H](Cc1c[nH]c3ccccc13)N(CCS(C)(=O)=O)CC2. The van der Waals surface area contributed by atoms with Crippen molar-refractivity contribution in [1.82, 2.24) is 9.88 Å². The van der Waals surface area contributed by atoms with Gasteiger partial charge in [0.05, 0.1) is 20.0 Å². The molecule has 1 aliphatic rings. The van der Waals surface area contributed by atoms with E-state index in [0.29, 0.717) is 12.3 Å². The van der Waals surface area contributed by atoms with Gasteiger partial charge in [0.25, 0.3) is 0 Å². The molecule has 30 heavy (non-hydrogen) atoms. The summed E-state index contributed by atoms with van der Waals surface area (Å²) in [6, 6.07) is 12.4. The molecule has 0 saturated heterocycles. The first kappa shape index (κ1) is 20.8. The number of H-pyrrole nitrogens is 1. The van der Waals surface area contributed by atoms with Gasteiger partial charge in [0.1, 0.15) is 9.84 Å². The maximum Gasteiger partial charge on any atom is 0.161 e. The van der Waals surface area contributed by atoms with Crippen LogP contribution in [0.25, 0.3) is 10.9 Å². The van der Waals surface area contributed by atoms with Crippen LogP contribution in [0.1, 0.15) is 22.7 Å². The summed E-state index contributed by atoms with van der Waals surface area (Å²) in [6.45, 7) is 1.32. The molecule has 4 rings (SSSR count). The lowest BCUT2D eigenvalue weighted by Gasteiger charge is -2.38. The Hall–Kier alpha value is -2.51. The highest BCUT2D eigenvalue weighted by Crippen LogP contribution is 2.40. The molecule has 1 atom stereocenters. The number of benzene rings is 2. The van der Waals surface area contributed by atoms with Crippen molar-refractivity contribution >= 4 is 20.7 Å². The number of ether oxygens (including phenoxy) is 2. The van der Waals surface area contributed by atoms with Crippen LogP contribution in [0, 0.1) is 0 Å². The maximum absolute atomic E-state index is 11.8. The number of hydrogen-bond donors (Lipinski definition) is 1. The number of sulfone groups is 1. The minimum absolute atomic E-state index is 0.0644. The van der Waals surface area contributed by atoms with Crippen molar-refractivity contribution in [2.24, 2.45) is 0 Å². The van der Waals surface area contributed by atoms with Gasteiger partial charge in [-0.1, -0.05) is 18.2 Å². The van der Waals surface area contributed by atoms with Gasteiger partial charge in [-0.2, -0.15) is 0 Å². The van der Waals surface area contributed by atoms with Crippen molar-refractivity contribution in [3.05, 3.63) is 59.3 Å². The zero-order valence-electron chi connectivity index (χ0n) is 17.6. The van der Waals surface area contributed by atoms with Crippen LogP contribution in [0.2, 0.25) is 0 Å². The molecule has 0 spiro atoms. The Bertz CT molecular complexity index is 1150. The minimum atomic E-state index is -3.04. The Kier molecular flexibility index (Phi) is 5.75. The standard InChI is InChI=1S/C23H28N2O4S/c1-28-22-13-16-8-9-25(10-11-30(3,26)27)21(19(16)14-23(22)29-2)12-17-15-24-20-7-5-4-6-18(17)20/h4-7,13-15,21,24H,8-12H2,1-3H3/t21-/m0/s1. The Morgan fingerprint density at radius 1 is 1.13 bits per heavy atom. The van der Waals surface area contributed by atoms with Crippen LogP contribution in [0.5, 0.6) is 11.5 Å². The quantitative estimate of drug-likeness (QED) is 0.625. The Labute approximate surface area is 177 Å². The fraction of sp³-hybridized carbons (Fsp3) is 0.391. The number of aromatic nitrogens is 1. The number of nitrogens with zero attached hydrogens (tertiary/aromatic N) is 1. The summed E-state index contributed by atoms with van der Waals surface area (Å²) in [7, 11) is 0.253. The fourth-order valence-corrected chi connectivity index (χ4v) is 4.94. The van der Waals surface area contributed by atoms with Gasteiger partial charge in [-0.05, 0) is 47.7 Å². The van der Waals surface area contributed by atoms with Crippen LogP contribution in [-0.2, 0) is 22.7 Å². The van der Waals surface area contributed by atoms with Gasteiger partial charge in [-0.3, -0.25) is 4.90 Å². The maximum atomic E-state index is 11.8. The van der Waals surface area contributed by atoms with Crippen molar-refractivity contribution in [2.45, 2.75) is 18.9 Å². The molecule has 2 aromatic carbocycles. The van der Waals surface area contributed by atoms with Gasteiger partial charge in [0.15, 0.2) is 11.5 Å². The molecule has 0 aliphatic carbocycles. The molecule has 2 heterocycles. The van der Waals surface area contributed by atoms with Crippen molar-refractivity contribution in [1.29, 1.82) is 0 Å². The molecule has 6 nitrogen and oxygen atoms in total. The van der Waals surface area contributed by atoms with E-state index < -0.39 is 9.84 Å². The van der Waals surface area contributed by atoms with Gasteiger partial charge < -0.3 is 14.5 Å². The second-order valence-corrected chi connectivity index (χ2v) is 10.2. The highest BCUT2D eigenvalue weighted by molar-refractivity contribution is 7.90. The minimum Gasteiger partial charge on any atom is -0.493 e. The highest BCUT2D eigenvalue weighted by Gasteiger charge is 2.30.